The summed E-state index contributed by atoms with van der Waals surface area (Å²) in [6.07, 6.45) is -0.579. The molecule has 0 spiro atoms. The Bertz CT molecular complexity index is 542. The zero-order chi connectivity index (χ0) is 14.2. The molecule has 5 heteroatoms. The van der Waals surface area contributed by atoms with Crippen LogP contribution in [0.15, 0.2) is 70.7 Å². The second kappa shape index (κ2) is 7.35. The molecule has 0 aliphatic heterocycles. The molecule has 0 aromatic heterocycles. The Morgan fingerprint density at radius 1 is 1.05 bits per heavy atom. The molecule has 0 saturated heterocycles. The molecule has 0 radical (unpaired) electrons. The van der Waals surface area contributed by atoms with Crippen molar-refractivity contribution in [3.05, 3.63) is 66.2 Å². The van der Waals surface area contributed by atoms with Crippen LogP contribution in [0.1, 0.15) is 5.56 Å². The minimum absolute atomic E-state index is 0.584. The van der Waals surface area contributed by atoms with Crippen LogP contribution in [0.5, 0.6) is 0 Å². The van der Waals surface area contributed by atoms with Crippen LogP contribution in [0.3, 0.4) is 0 Å². The maximum Gasteiger partial charge on any atom is 0.425 e. The summed E-state index contributed by atoms with van der Waals surface area (Å²) in [5.74, 6) is 0. The summed E-state index contributed by atoms with van der Waals surface area (Å²) in [5, 5.41) is 13.3. The predicted molar refractivity (Wildman–Crippen MR) is 81.0 cm³/mol. The van der Waals surface area contributed by atoms with Gasteiger partial charge in [0.05, 0.1) is 0 Å². The van der Waals surface area contributed by atoms with E-state index in [0.29, 0.717) is 11.5 Å². The summed E-state index contributed by atoms with van der Waals surface area (Å²) in [4.78, 5) is 11.6. The van der Waals surface area contributed by atoms with Crippen molar-refractivity contribution in [2.45, 2.75) is 11.3 Å². The Morgan fingerprint density at radius 3 is 2.25 bits per heavy atom. The van der Waals surface area contributed by atoms with Gasteiger partial charge in [0, 0.05) is 11.3 Å². The van der Waals surface area contributed by atoms with Gasteiger partial charge < -0.3 is 5.11 Å². The molecule has 0 aliphatic carbocycles. The third-order valence-electron chi connectivity index (χ3n) is 2.45. The van der Waals surface area contributed by atoms with Crippen molar-refractivity contribution in [3.63, 3.8) is 0 Å². The number of benzene rings is 2. The number of hydrogen-bond donors (Lipinski definition) is 2. The summed E-state index contributed by atoms with van der Waals surface area (Å²) in [5.41, 5.74) is 3.15. The van der Waals surface area contributed by atoms with Gasteiger partial charge in [-0.1, -0.05) is 60.3 Å². The minimum atomic E-state index is -1.16. The number of hydrazone groups is 1. The van der Waals surface area contributed by atoms with Crippen LogP contribution in [-0.4, -0.2) is 16.2 Å². The average molecular weight is 286 g/mol. The van der Waals surface area contributed by atoms with Crippen molar-refractivity contribution >= 4 is 22.9 Å². The monoisotopic (exact) mass is 286 g/mol. The van der Waals surface area contributed by atoms with Crippen LogP contribution in [0.4, 0.5) is 4.79 Å². The molecular weight excluding hydrogens is 272 g/mol. The van der Waals surface area contributed by atoms with Gasteiger partial charge in [-0.05, 0) is 17.7 Å². The lowest BCUT2D eigenvalue weighted by atomic mass is 10.2. The molecule has 2 aromatic rings. The van der Waals surface area contributed by atoms with Crippen LogP contribution in [0, 0.1) is 0 Å². The van der Waals surface area contributed by atoms with E-state index in [0.717, 1.165) is 10.5 Å². The van der Waals surface area contributed by atoms with E-state index < -0.39 is 6.09 Å². The second-order valence-electron chi connectivity index (χ2n) is 4.00. The first kappa shape index (κ1) is 14.1. The van der Waals surface area contributed by atoms with Crippen LogP contribution >= 0.6 is 11.8 Å². The molecule has 0 fully saturated rings. The third kappa shape index (κ3) is 4.78. The zero-order valence-corrected chi connectivity index (χ0v) is 11.5. The molecular formula is C15H14N2O2S. The van der Waals surface area contributed by atoms with E-state index in [4.69, 9.17) is 5.11 Å². The largest absolute Gasteiger partial charge is 0.464 e. The van der Waals surface area contributed by atoms with E-state index in [2.05, 4.69) is 10.5 Å². The number of rotatable bonds is 4. The van der Waals surface area contributed by atoms with Gasteiger partial charge in [0.25, 0.3) is 0 Å². The lowest BCUT2D eigenvalue weighted by Crippen LogP contribution is -2.16. The second-order valence-corrected chi connectivity index (χ2v) is 5.15. The topological polar surface area (TPSA) is 61.7 Å². The first-order chi connectivity index (χ1) is 9.74. The first-order valence-electron chi connectivity index (χ1n) is 6.06. The molecule has 0 saturated carbocycles. The number of nitrogens with zero attached hydrogens (tertiary/aromatic N) is 1. The molecule has 2 aromatic carbocycles. The highest BCUT2D eigenvalue weighted by Crippen LogP contribution is 2.21. The Kier molecular flexibility index (Phi) is 5.20. The number of nitrogens with one attached hydrogen (secondary N) is 1. The van der Waals surface area contributed by atoms with Gasteiger partial charge in [-0.25, -0.2) is 10.2 Å². The van der Waals surface area contributed by atoms with Gasteiger partial charge in [-0.15, -0.1) is 0 Å². The normalized spacial score (nSPS) is 11.1. The molecule has 0 aliphatic rings. The fourth-order valence-electron chi connectivity index (χ4n) is 1.60. The van der Waals surface area contributed by atoms with E-state index in [1.165, 1.54) is 11.8 Å². The Hall–Kier alpha value is -2.27. The molecule has 0 bridgehead atoms. The molecule has 0 atom stereocenters. The zero-order valence-electron chi connectivity index (χ0n) is 10.7. The highest BCUT2D eigenvalue weighted by molar-refractivity contribution is 8.14. The summed E-state index contributed by atoms with van der Waals surface area (Å²) >= 11 is 1.45. The van der Waals surface area contributed by atoms with Crippen molar-refractivity contribution in [1.29, 1.82) is 0 Å². The molecule has 1 amide bonds. The maximum atomic E-state index is 10.6. The first-order valence-corrected chi connectivity index (χ1v) is 6.88. The van der Waals surface area contributed by atoms with Gasteiger partial charge in [-0.3, -0.25) is 0 Å². The van der Waals surface area contributed by atoms with Crippen molar-refractivity contribution < 1.29 is 9.90 Å². The minimum Gasteiger partial charge on any atom is -0.464 e. The number of thioether (sulfide) groups is 1. The summed E-state index contributed by atoms with van der Waals surface area (Å²) in [6.45, 7) is 0. The molecule has 0 heterocycles. The summed E-state index contributed by atoms with van der Waals surface area (Å²) < 4.78 is 0. The number of carboxylic acid groups (broad SMARTS) is 1. The Balaban J connectivity index is 2.12. The van der Waals surface area contributed by atoms with Crippen molar-refractivity contribution in [2.24, 2.45) is 5.10 Å². The lowest BCUT2D eigenvalue weighted by molar-refractivity contribution is 0.195. The standard InChI is InChI=1S/C15H14N2O2S/c18-15(19)17-16-14(11-12-7-3-1-4-8-12)20-13-9-5-2-6-10-13/h1-10,17H,11H2,(H,18,19)/b16-14+. The lowest BCUT2D eigenvalue weighted by Gasteiger charge is -2.06. The summed E-state index contributed by atoms with van der Waals surface area (Å²) in [6, 6.07) is 19.6. The van der Waals surface area contributed by atoms with Gasteiger partial charge >= 0.3 is 6.09 Å². The van der Waals surface area contributed by atoms with Crippen molar-refractivity contribution in [3.8, 4) is 0 Å². The van der Waals surface area contributed by atoms with Crippen LogP contribution in [0.25, 0.3) is 0 Å². The van der Waals surface area contributed by atoms with Gasteiger partial charge in [0.15, 0.2) is 0 Å². The molecule has 2 rings (SSSR count). The van der Waals surface area contributed by atoms with Gasteiger partial charge in [0.2, 0.25) is 0 Å². The highest BCUT2D eigenvalue weighted by atomic mass is 32.2. The fraction of sp³-hybridized carbons (Fsp3) is 0.0667. The third-order valence-corrected chi connectivity index (χ3v) is 3.43. The van der Waals surface area contributed by atoms with Crippen LogP contribution < -0.4 is 5.43 Å². The number of carbonyl (C=O) groups is 1. The van der Waals surface area contributed by atoms with E-state index in [9.17, 15) is 4.79 Å². The number of hydrogen-bond acceptors (Lipinski definition) is 3. The molecule has 0 unspecified atom stereocenters. The molecule has 4 nitrogen and oxygen atoms in total. The highest BCUT2D eigenvalue weighted by Gasteiger charge is 2.05. The molecule has 102 valence electrons. The van der Waals surface area contributed by atoms with Crippen LogP contribution in [-0.2, 0) is 6.42 Å². The molecule has 20 heavy (non-hydrogen) atoms. The van der Waals surface area contributed by atoms with Crippen molar-refractivity contribution in [2.75, 3.05) is 0 Å². The number of amides is 1. The summed E-state index contributed by atoms with van der Waals surface area (Å²) in [7, 11) is 0. The fourth-order valence-corrected chi connectivity index (χ4v) is 2.50. The Morgan fingerprint density at radius 2 is 1.65 bits per heavy atom. The van der Waals surface area contributed by atoms with Gasteiger partial charge in [-0.2, -0.15) is 5.10 Å². The van der Waals surface area contributed by atoms with Crippen LogP contribution in [0.2, 0.25) is 0 Å². The van der Waals surface area contributed by atoms with E-state index in [-0.39, 0.29) is 0 Å². The van der Waals surface area contributed by atoms with E-state index >= 15 is 0 Å². The van der Waals surface area contributed by atoms with Crippen molar-refractivity contribution in [1.82, 2.24) is 5.43 Å². The average Bonchev–Trinajstić information content (AvgIpc) is 2.47. The Labute approximate surface area is 121 Å². The SMILES string of the molecule is O=C(O)N/N=C(\Cc1ccccc1)Sc1ccccc1. The van der Waals surface area contributed by atoms with Gasteiger partial charge in [0.1, 0.15) is 5.04 Å². The quantitative estimate of drug-likeness (QED) is 0.391. The predicted octanol–water partition coefficient (Wildman–Crippen LogP) is 3.60. The molecule has 2 N–H and O–H groups in total. The maximum absolute atomic E-state index is 10.6. The van der Waals surface area contributed by atoms with E-state index in [1.54, 1.807) is 0 Å². The smallest absolute Gasteiger partial charge is 0.425 e. The van der Waals surface area contributed by atoms with E-state index in [1.807, 2.05) is 60.7 Å².